The van der Waals surface area contributed by atoms with E-state index in [0.717, 1.165) is 5.56 Å². The summed E-state index contributed by atoms with van der Waals surface area (Å²) in [6, 6.07) is 6.93. The number of nitriles is 1. The molecule has 0 atom stereocenters. The smallest absolute Gasteiger partial charge is 0.389 e. The maximum absolute atomic E-state index is 11.9. The third-order valence-corrected chi connectivity index (χ3v) is 2.12. The summed E-state index contributed by atoms with van der Waals surface area (Å²) in [5.74, 6) is 0.334. The quantitative estimate of drug-likeness (QED) is 0.757. The standard InChI is InChI=1S/C12H12F3NO/c1-9-3-4-11(10(7-9)8-16)17-6-2-5-12(13,14)15/h3-4,7H,2,5-6H2,1H3. The van der Waals surface area contributed by atoms with E-state index < -0.39 is 12.6 Å². The van der Waals surface area contributed by atoms with E-state index in [-0.39, 0.29) is 13.0 Å². The molecule has 0 bridgehead atoms. The molecule has 1 aromatic rings. The summed E-state index contributed by atoms with van der Waals surface area (Å²) >= 11 is 0. The van der Waals surface area contributed by atoms with Gasteiger partial charge in [0.15, 0.2) is 0 Å². The highest BCUT2D eigenvalue weighted by Crippen LogP contribution is 2.23. The number of hydrogen-bond donors (Lipinski definition) is 0. The average Bonchev–Trinajstić information content (AvgIpc) is 2.24. The summed E-state index contributed by atoms with van der Waals surface area (Å²) in [6.07, 6.45) is -5.14. The van der Waals surface area contributed by atoms with Crippen LogP contribution in [0, 0.1) is 18.3 Å². The fourth-order valence-corrected chi connectivity index (χ4v) is 1.31. The van der Waals surface area contributed by atoms with Crippen molar-refractivity contribution in [2.24, 2.45) is 0 Å². The van der Waals surface area contributed by atoms with Gasteiger partial charge in [0.25, 0.3) is 0 Å². The molecule has 0 aliphatic carbocycles. The molecule has 1 rings (SSSR count). The molecule has 0 aliphatic heterocycles. The third kappa shape index (κ3) is 4.77. The van der Waals surface area contributed by atoms with Gasteiger partial charge in [0.1, 0.15) is 11.8 Å². The Labute approximate surface area is 97.6 Å². The molecule has 2 nitrogen and oxygen atoms in total. The number of hydrogen-bond acceptors (Lipinski definition) is 2. The minimum Gasteiger partial charge on any atom is -0.492 e. The lowest BCUT2D eigenvalue weighted by molar-refractivity contribution is -0.136. The highest BCUT2D eigenvalue weighted by Gasteiger charge is 2.26. The molecule has 0 heterocycles. The van der Waals surface area contributed by atoms with Gasteiger partial charge in [-0.2, -0.15) is 18.4 Å². The molecule has 0 spiro atoms. The Morgan fingerprint density at radius 2 is 2.06 bits per heavy atom. The van der Waals surface area contributed by atoms with Gasteiger partial charge in [-0.1, -0.05) is 6.07 Å². The zero-order chi connectivity index (χ0) is 12.9. The second-order valence-electron chi connectivity index (χ2n) is 3.68. The number of benzene rings is 1. The molecule has 0 amide bonds. The second-order valence-corrected chi connectivity index (χ2v) is 3.68. The molecule has 5 heteroatoms. The van der Waals surface area contributed by atoms with Crippen LogP contribution in [0.2, 0.25) is 0 Å². The summed E-state index contributed by atoms with van der Waals surface area (Å²) in [5.41, 5.74) is 1.25. The van der Waals surface area contributed by atoms with Crippen LogP contribution in [0.25, 0.3) is 0 Å². The van der Waals surface area contributed by atoms with Crippen LogP contribution in [0.5, 0.6) is 5.75 Å². The van der Waals surface area contributed by atoms with E-state index in [1.54, 1.807) is 18.2 Å². The first-order valence-corrected chi connectivity index (χ1v) is 5.12. The molecule has 0 fully saturated rings. The van der Waals surface area contributed by atoms with Gasteiger partial charge in [-0.25, -0.2) is 0 Å². The van der Waals surface area contributed by atoms with Gasteiger partial charge in [0, 0.05) is 6.42 Å². The molecule has 0 aliphatic rings. The van der Waals surface area contributed by atoms with Crippen molar-refractivity contribution in [1.82, 2.24) is 0 Å². The van der Waals surface area contributed by atoms with Crippen LogP contribution in [0.3, 0.4) is 0 Å². The van der Waals surface area contributed by atoms with Gasteiger partial charge in [0.2, 0.25) is 0 Å². The fourth-order valence-electron chi connectivity index (χ4n) is 1.31. The molecule has 0 aromatic heterocycles. The summed E-state index contributed by atoms with van der Waals surface area (Å²) in [7, 11) is 0. The van der Waals surface area contributed by atoms with Gasteiger partial charge in [-0.15, -0.1) is 0 Å². The van der Waals surface area contributed by atoms with Gasteiger partial charge in [0.05, 0.1) is 12.2 Å². The monoisotopic (exact) mass is 243 g/mol. The van der Waals surface area contributed by atoms with Crippen molar-refractivity contribution in [3.05, 3.63) is 29.3 Å². The molecular formula is C12H12F3NO. The molecule has 1 aromatic carbocycles. The van der Waals surface area contributed by atoms with Crippen LogP contribution >= 0.6 is 0 Å². The first-order valence-electron chi connectivity index (χ1n) is 5.12. The van der Waals surface area contributed by atoms with Crippen molar-refractivity contribution in [1.29, 1.82) is 5.26 Å². The van der Waals surface area contributed by atoms with Crippen LogP contribution < -0.4 is 4.74 Å². The Morgan fingerprint density at radius 1 is 1.35 bits per heavy atom. The van der Waals surface area contributed by atoms with Crippen molar-refractivity contribution < 1.29 is 17.9 Å². The number of halogens is 3. The van der Waals surface area contributed by atoms with Crippen molar-refractivity contribution >= 4 is 0 Å². The zero-order valence-electron chi connectivity index (χ0n) is 9.34. The normalized spacial score (nSPS) is 11.0. The van der Waals surface area contributed by atoms with Gasteiger partial charge in [-0.3, -0.25) is 0 Å². The highest BCUT2D eigenvalue weighted by atomic mass is 19.4. The van der Waals surface area contributed by atoms with E-state index in [1.807, 2.05) is 13.0 Å². The van der Waals surface area contributed by atoms with E-state index in [1.165, 1.54) is 0 Å². The zero-order valence-corrected chi connectivity index (χ0v) is 9.34. The Kier molecular flexibility index (Phi) is 4.38. The van der Waals surface area contributed by atoms with E-state index >= 15 is 0 Å². The van der Waals surface area contributed by atoms with Crippen LogP contribution in [0.1, 0.15) is 24.0 Å². The third-order valence-electron chi connectivity index (χ3n) is 2.12. The SMILES string of the molecule is Cc1ccc(OCCCC(F)(F)F)c(C#N)c1. The van der Waals surface area contributed by atoms with Crippen LogP contribution in [-0.4, -0.2) is 12.8 Å². The second kappa shape index (κ2) is 5.58. The average molecular weight is 243 g/mol. The van der Waals surface area contributed by atoms with Crippen molar-refractivity contribution in [3.63, 3.8) is 0 Å². The van der Waals surface area contributed by atoms with E-state index in [9.17, 15) is 13.2 Å². The Balaban J connectivity index is 2.50. The summed E-state index contributed by atoms with van der Waals surface area (Å²) in [4.78, 5) is 0. The highest BCUT2D eigenvalue weighted by molar-refractivity contribution is 5.45. The number of alkyl halides is 3. The Morgan fingerprint density at radius 3 is 2.65 bits per heavy atom. The van der Waals surface area contributed by atoms with Crippen molar-refractivity contribution in [2.75, 3.05) is 6.61 Å². The molecule has 0 radical (unpaired) electrons. The molecule has 92 valence electrons. The predicted octanol–water partition coefficient (Wildman–Crippen LogP) is 3.59. The first-order chi connectivity index (χ1) is 7.92. The Hall–Kier alpha value is -1.70. The van der Waals surface area contributed by atoms with Crippen LogP contribution in [0.4, 0.5) is 13.2 Å². The number of aryl methyl sites for hydroxylation is 1. The molecular weight excluding hydrogens is 231 g/mol. The van der Waals surface area contributed by atoms with E-state index in [4.69, 9.17) is 10.00 Å². The molecule has 0 saturated heterocycles. The molecule has 0 unspecified atom stereocenters. The predicted molar refractivity (Wildman–Crippen MR) is 56.7 cm³/mol. The number of rotatable bonds is 4. The van der Waals surface area contributed by atoms with E-state index in [0.29, 0.717) is 11.3 Å². The van der Waals surface area contributed by atoms with Crippen LogP contribution in [-0.2, 0) is 0 Å². The lowest BCUT2D eigenvalue weighted by atomic mass is 10.1. The fraction of sp³-hybridized carbons (Fsp3) is 0.417. The lowest BCUT2D eigenvalue weighted by Crippen LogP contribution is -2.10. The summed E-state index contributed by atoms with van der Waals surface area (Å²) in [5, 5.41) is 8.82. The van der Waals surface area contributed by atoms with E-state index in [2.05, 4.69) is 0 Å². The first kappa shape index (κ1) is 13.4. The van der Waals surface area contributed by atoms with Gasteiger partial charge in [-0.05, 0) is 31.0 Å². The largest absolute Gasteiger partial charge is 0.492 e. The summed E-state index contributed by atoms with van der Waals surface area (Å²) < 4.78 is 40.8. The molecule has 17 heavy (non-hydrogen) atoms. The summed E-state index contributed by atoms with van der Waals surface area (Å²) in [6.45, 7) is 1.78. The van der Waals surface area contributed by atoms with Gasteiger partial charge < -0.3 is 4.74 Å². The minimum absolute atomic E-state index is 0.0444. The van der Waals surface area contributed by atoms with Crippen LogP contribution in [0.15, 0.2) is 18.2 Å². The van der Waals surface area contributed by atoms with Crippen molar-refractivity contribution in [3.8, 4) is 11.8 Å². The topological polar surface area (TPSA) is 33.0 Å². The lowest BCUT2D eigenvalue weighted by Gasteiger charge is -2.09. The Bertz CT molecular complexity index is 421. The maximum atomic E-state index is 11.9. The maximum Gasteiger partial charge on any atom is 0.389 e. The number of nitrogens with zero attached hydrogens (tertiary/aromatic N) is 1. The number of ether oxygens (including phenoxy) is 1. The molecule has 0 saturated carbocycles. The minimum atomic E-state index is -4.16. The van der Waals surface area contributed by atoms with Crippen molar-refractivity contribution in [2.45, 2.75) is 25.9 Å². The molecule has 0 N–H and O–H groups in total. The van der Waals surface area contributed by atoms with Gasteiger partial charge >= 0.3 is 6.18 Å².